The summed E-state index contributed by atoms with van der Waals surface area (Å²) < 4.78 is 10.4. The van der Waals surface area contributed by atoms with E-state index < -0.39 is 0 Å². The van der Waals surface area contributed by atoms with Crippen LogP contribution in [0.1, 0.15) is 59.7 Å². The summed E-state index contributed by atoms with van der Waals surface area (Å²) in [4.78, 5) is 23.5. The van der Waals surface area contributed by atoms with Crippen LogP contribution < -0.4 is 0 Å². The summed E-state index contributed by atoms with van der Waals surface area (Å²) in [5.41, 5.74) is 0.921. The van der Waals surface area contributed by atoms with Gasteiger partial charge in [0.15, 0.2) is 0 Å². The maximum absolute atomic E-state index is 12.0. The average Bonchev–Trinajstić information content (AvgIpc) is 2.48. The van der Waals surface area contributed by atoms with Crippen LogP contribution in [0.3, 0.4) is 0 Å². The molecule has 0 N–H and O–H groups in total. The summed E-state index contributed by atoms with van der Waals surface area (Å²) >= 11 is 0. The van der Waals surface area contributed by atoms with Crippen molar-refractivity contribution in [3.8, 4) is 0 Å². The molecule has 1 aromatic carbocycles. The van der Waals surface area contributed by atoms with Gasteiger partial charge >= 0.3 is 11.9 Å². The normalized spacial score (nSPS) is 15.7. The minimum absolute atomic E-state index is 0.0426. The van der Waals surface area contributed by atoms with Gasteiger partial charge in [-0.1, -0.05) is 6.42 Å². The predicted octanol–water partition coefficient (Wildman–Crippen LogP) is 3.35. The molecule has 0 amide bonds. The molecule has 0 radical (unpaired) electrons. The van der Waals surface area contributed by atoms with Crippen molar-refractivity contribution in [1.29, 1.82) is 0 Å². The lowest BCUT2D eigenvalue weighted by Gasteiger charge is -2.21. The molecule has 1 aliphatic carbocycles. The SMILES string of the molecule is CCOC(=O)c1ccc(C(=O)OC2CCCCC2)cc1. The Bertz CT molecular complexity index is 458. The van der Waals surface area contributed by atoms with Crippen LogP contribution in [0.4, 0.5) is 0 Å². The Hall–Kier alpha value is -1.84. The van der Waals surface area contributed by atoms with Crippen LogP contribution in [0.2, 0.25) is 0 Å². The molecule has 4 nitrogen and oxygen atoms in total. The molecule has 1 aliphatic rings. The first-order valence-electron chi connectivity index (χ1n) is 7.19. The molecule has 2 rings (SSSR count). The van der Waals surface area contributed by atoms with Gasteiger partial charge in [-0.15, -0.1) is 0 Å². The number of hydrogen-bond acceptors (Lipinski definition) is 4. The van der Waals surface area contributed by atoms with Gasteiger partial charge < -0.3 is 9.47 Å². The zero-order chi connectivity index (χ0) is 14.4. The number of ether oxygens (including phenoxy) is 2. The Morgan fingerprint density at radius 2 is 1.55 bits per heavy atom. The van der Waals surface area contributed by atoms with E-state index in [4.69, 9.17) is 9.47 Å². The van der Waals surface area contributed by atoms with E-state index in [2.05, 4.69) is 0 Å². The Morgan fingerprint density at radius 1 is 1.00 bits per heavy atom. The molecule has 0 bridgehead atoms. The highest BCUT2D eigenvalue weighted by Crippen LogP contribution is 2.21. The average molecular weight is 276 g/mol. The molecule has 0 unspecified atom stereocenters. The van der Waals surface area contributed by atoms with E-state index in [1.54, 1.807) is 31.2 Å². The summed E-state index contributed by atoms with van der Waals surface area (Å²) in [5.74, 6) is -0.688. The van der Waals surface area contributed by atoms with Gasteiger partial charge in [-0.2, -0.15) is 0 Å². The van der Waals surface area contributed by atoms with Gasteiger partial charge in [-0.25, -0.2) is 9.59 Å². The lowest BCUT2D eigenvalue weighted by Crippen LogP contribution is -2.21. The summed E-state index contributed by atoms with van der Waals surface area (Å²) in [5, 5.41) is 0. The van der Waals surface area contributed by atoms with Crippen molar-refractivity contribution < 1.29 is 19.1 Å². The van der Waals surface area contributed by atoms with Crippen molar-refractivity contribution in [1.82, 2.24) is 0 Å². The molecular weight excluding hydrogens is 256 g/mol. The summed E-state index contributed by atoms with van der Waals surface area (Å²) in [6, 6.07) is 6.40. The second kappa shape index (κ2) is 7.08. The highest BCUT2D eigenvalue weighted by molar-refractivity contribution is 5.93. The number of rotatable bonds is 4. The second-order valence-corrected chi connectivity index (χ2v) is 4.96. The third kappa shape index (κ3) is 3.83. The molecule has 0 aliphatic heterocycles. The van der Waals surface area contributed by atoms with E-state index in [0.29, 0.717) is 17.7 Å². The van der Waals surface area contributed by atoms with Gasteiger partial charge in [0.2, 0.25) is 0 Å². The predicted molar refractivity (Wildman–Crippen MR) is 74.7 cm³/mol. The smallest absolute Gasteiger partial charge is 0.338 e. The van der Waals surface area contributed by atoms with Crippen molar-refractivity contribution >= 4 is 11.9 Å². The molecule has 1 saturated carbocycles. The molecule has 0 atom stereocenters. The van der Waals surface area contributed by atoms with E-state index in [9.17, 15) is 9.59 Å². The van der Waals surface area contributed by atoms with Crippen LogP contribution in [-0.4, -0.2) is 24.6 Å². The molecule has 0 aromatic heterocycles. The van der Waals surface area contributed by atoms with Crippen LogP contribution >= 0.6 is 0 Å². The highest BCUT2D eigenvalue weighted by atomic mass is 16.5. The number of carbonyl (C=O) groups excluding carboxylic acids is 2. The van der Waals surface area contributed by atoms with Crippen LogP contribution in [0.5, 0.6) is 0 Å². The zero-order valence-corrected chi connectivity index (χ0v) is 11.8. The molecule has 20 heavy (non-hydrogen) atoms. The summed E-state index contributed by atoms with van der Waals surface area (Å²) in [6.07, 6.45) is 5.42. The fourth-order valence-corrected chi connectivity index (χ4v) is 2.36. The molecule has 0 spiro atoms. The van der Waals surface area contributed by atoms with E-state index in [-0.39, 0.29) is 18.0 Å². The quantitative estimate of drug-likeness (QED) is 0.791. The van der Waals surface area contributed by atoms with Crippen molar-refractivity contribution in [2.24, 2.45) is 0 Å². The molecular formula is C16H20O4. The second-order valence-electron chi connectivity index (χ2n) is 4.96. The number of esters is 2. The maximum Gasteiger partial charge on any atom is 0.338 e. The third-order valence-corrected chi connectivity index (χ3v) is 3.46. The molecule has 0 heterocycles. The van der Waals surface area contributed by atoms with Crippen molar-refractivity contribution in [3.63, 3.8) is 0 Å². The fourth-order valence-electron chi connectivity index (χ4n) is 2.36. The van der Waals surface area contributed by atoms with Crippen LogP contribution in [-0.2, 0) is 9.47 Å². The minimum atomic E-state index is -0.375. The molecule has 1 fully saturated rings. The van der Waals surface area contributed by atoms with Crippen molar-refractivity contribution in [2.75, 3.05) is 6.61 Å². The molecule has 108 valence electrons. The van der Waals surface area contributed by atoms with Crippen LogP contribution in [0, 0.1) is 0 Å². The molecule has 4 heteroatoms. The maximum atomic E-state index is 12.0. The third-order valence-electron chi connectivity index (χ3n) is 3.46. The van der Waals surface area contributed by atoms with Gasteiger partial charge in [-0.05, 0) is 56.9 Å². The first-order valence-corrected chi connectivity index (χ1v) is 7.19. The zero-order valence-electron chi connectivity index (χ0n) is 11.8. The first kappa shape index (κ1) is 14.6. The molecule has 0 saturated heterocycles. The van der Waals surface area contributed by atoms with Gasteiger partial charge in [0.25, 0.3) is 0 Å². The lowest BCUT2D eigenvalue weighted by atomic mass is 9.98. The van der Waals surface area contributed by atoms with Gasteiger partial charge in [0.1, 0.15) is 6.10 Å². The first-order chi connectivity index (χ1) is 9.70. The van der Waals surface area contributed by atoms with Gasteiger partial charge in [-0.3, -0.25) is 0 Å². The minimum Gasteiger partial charge on any atom is -0.462 e. The Labute approximate surface area is 119 Å². The number of hydrogen-bond donors (Lipinski definition) is 0. The highest BCUT2D eigenvalue weighted by Gasteiger charge is 2.19. The summed E-state index contributed by atoms with van der Waals surface area (Å²) in [7, 11) is 0. The van der Waals surface area contributed by atoms with E-state index >= 15 is 0 Å². The van der Waals surface area contributed by atoms with E-state index in [1.807, 2.05) is 0 Å². The van der Waals surface area contributed by atoms with Crippen LogP contribution in [0.15, 0.2) is 24.3 Å². The standard InChI is InChI=1S/C16H20O4/c1-2-19-15(17)12-8-10-13(11-9-12)16(18)20-14-6-4-3-5-7-14/h8-11,14H,2-7H2,1H3. The van der Waals surface area contributed by atoms with Crippen molar-refractivity contribution in [3.05, 3.63) is 35.4 Å². The Kier molecular flexibility index (Phi) is 5.16. The van der Waals surface area contributed by atoms with E-state index in [1.165, 1.54) is 6.42 Å². The number of benzene rings is 1. The van der Waals surface area contributed by atoms with Crippen LogP contribution in [0.25, 0.3) is 0 Å². The van der Waals surface area contributed by atoms with Gasteiger partial charge in [0, 0.05) is 0 Å². The topological polar surface area (TPSA) is 52.6 Å². The van der Waals surface area contributed by atoms with Gasteiger partial charge in [0.05, 0.1) is 17.7 Å². The number of carbonyl (C=O) groups is 2. The monoisotopic (exact) mass is 276 g/mol. The van der Waals surface area contributed by atoms with E-state index in [0.717, 1.165) is 25.7 Å². The Balaban J connectivity index is 1.94. The largest absolute Gasteiger partial charge is 0.462 e. The lowest BCUT2D eigenvalue weighted by molar-refractivity contribution is 0.0210. The fraction of sp³-hybridized carbons (Fsp3) is 0.500. The molecule has 1 aromatic rings. The van der Waals surface area contributed by atoms with Crippen molar-refractivity contribution in [2.45, 2.75) is 45.1 Å². The summed E-state index contributed by atoms with van der Waals surface area (Å²) in [6.45, 7) is 2.10. The Morgan fingerprint density at radius 3 is 2.10 bits per heavy atom.